The minimum atomic E-state index is -0.384. The SMILES string of the molecule is CC[C@@H]1CCCN(C(=O)c2cc(OC)c3c(c2)nc(-c2cc4cccc(C5CC(C(=O)N6CC[C@@H](O)C6)C5)c4n2CC2CC2)n3C)C1. The number of para-hydroxylation sites is 1. The molecule has 248 valence electrons. The van der Waals surface area contributed by atoms with Gasteiger partial charge in [0.15, 0.2) is 5.82 Å². The molecule has 4 aromatic rings. The Labute approximate surface area is 276 Å². The number of fused-ring (bicyclic) bond motifs is 2. The number of aryl methyl sites for hydroxylation is 1. The van der Waals surface area contributed by atoms with E-state index in [0.29, 0.717) is 48.6 Å². The number of imidazole rings is 1. The van der Waals surface area contributed by atoms with Gasteiger partial charge in [0.1, 0.15) is 11.3 Å². The highest BCUT2D eigenvalue weighted by Crippen LogP contribution is 2.47. The van der Waals surface area contributed by atoms with Crippen LogP contribution in [0.4, 0.5) is 0 Å². The molecule has 2 amide bonds. The van der Waals surface area contributed by atoms with Crippen molar-refractivity contribution in [2.24, 2.45) is 24.8 Å². The number of aliphatic hydroxyl groups is 1. The van der Waals surface area contributed by atoms with E-state index < -0.39 is 0 Å². The molecule has 0 bridgehead atoms. The van der Waals surface area contributed by atoms with Gasteiger partial charge in [-0.05, 0) is 86.5 Å². The minimum Gasteiger partial charge on any atom is -0.494 e. The molecule has 2 saturated carbocycles. The summed E-state index contributed by atoms with van der Waals surface area (Å²) in [5.74, 6) is 3.37. The summed E-state index contributed by atoms with van der Waals surface area (Å²) in [5, 5.41) is 11.1. The fourth-order valence-electron chi connectivity index (χ4n) is 8.47. The lowest BCUT2D eigenvalue weighted by molar-refractivity contribution is -0.138. The molecule has 4 heterocycles. The predicted molar refractivity (Wildman–Crippen MR) is 183 cm³/mol. The number of ether oxygens (including phenoxy) is 1. The summed E-state index contributed by atoms with van der Waals surface area (Å²) in [7, 11) is 3.71. The van der Waals surface area contributed by atoms with Crippen molar-refractivity contribution in [1.82, 2.24) is 23.9 Å². The van der Waals surface area contributed by atoms with Crippen molar-refractivity contribution in [2.45, 2.75) is 76.9 Å². The molecule has 0 spiro atoms. The van der Waals surface area contributed by atoms with Gasteiger partial charge in [0.2, 0.25) is 5.91 Å². The topological polar surface area (TPSA) is 92.8 Å². The highest BCUT2D eigenvalue weighted by Gasteiger charge is 2.40. The molecule has 2 atom stereocenters. The number of carbonyl (C=O) groups excluding carboxylic acids is 2. The first-order valence-corrected chi connectivity index (χ1v) is 17.8. The second kappa shape index (κ2) is 12.0. The normalized spacial score (nSPS) is 24.7. The number of amides is 2. The van der Waals surface area contributed by atoms with Gasteiger partial charge < -0.3 is 28.8 Å². The molecule has 4 aliphatic rings. The van der Waals surface area contributed by atoms with Gasteiger partial charge in [0, 0.05) is 56.6 Å². The Balaban J connectivity index is 1.15. The summed E-state index contributed by atoms with van der Waals surface area (Å²) in [5.41, 5.74) is 5.94. The number of rotatable bonds is 8. The highest BCUT2D eigenvalue weighted by molar-refractivity contribution is 6.00. The third-order valence-corrected chi connectivity index (χ3v) is 11.5. The van der Waals surface area contributed by atoms with Crippen molar-refractivity contribution in [3.05, 3.63) is 47.5 Å². The summed E-state index contributed by atoms with van der Waals surface area (Å²) in [6, 6.07) is 12.7. The zero-order valence-electron chi connectivity index (χ0n) is 28.0. The van der Waals surface area contributed by atoms with E-state index in [0.717, 1.165) is 67.9 Å². The van der Waals surface area contributed by atoms with Crippen molar-refractivity contribution in [2.75, 3.05) is 33.3 Å². The van der Waals surface area contributed by atoms with Crippen LogP contribution in [0.2, 0.25) is 0 Å². The fraction of sp³-hybridized carbons (Fsp3) is 0.553. The lowest BCUT2D eigenvalue weighted by atomic mass is 9.70. The van der Waals surface area contributed by atoms with Crippen LogP contribution in [0.1, 0.15) is 80.1 Å². The van der Waals surface area contributed by atoms with Crippen LogP contribution in [-0.4, -0.2) is 80.2 Å². The maximum atomic E-state index is 13.7. The van der Waals surface area contributed by atoms with Gasteiger partial charge in [-0.15, -0.1) is 0 Å². The molecule has 2 aliphatic heterocycles. The number of carbonyl (C=O) groups is 2. The Bertz CT molecular complexity index is 1850. The van der Waals surface area contributed by atoms with Gasteiger partial charge in [-0.25, -0.2) is 4.98 Å². The monoisotopic (exact) mass is 637 g/mol. The molecule has 2 aliphatic carbocycles. The number of benzene rings is 2. The molecule has 9 heteroatoms. The predicted octanol–water partition coefficient (Wildman–Crippen LogP) is 5.96. The van der Waals surface area contributed by atoms with Gasteiger partial charge >= 0.3 is 0 Å². The average molecular weight is 638 g/mol. The quantitative estimate of drug-likeness (QED) is 0.257. The van der Waals surface area contributed by atoms with Crippen molar-refractivity contribution in [3.63, 3.8) is 0 Å². The molecule has 4 fully saturated rings. The van der Waals surface area contributed by atoms with E-state index in [1.54, 1.807) is 7.11 Å². The Kier molecular flexibility index (Phi) is 7.78. The zero-order chi connectivity index (χ0) is 32.4. The number of aliphatic hydroxyl groups excluding tert-OH is 1. The number of hydrogen-bond donors (Lipinski definition) is 1. The Morgan fingerprint density at radius 2 is 1.81 bits per heavy atom. The largest absolute Gasteiger partial charge is 0.494 e. The van der Waals surface area contributed by atoms with E-state index >= 15 is 0 Å². The van der Waals surface area contributed by atoms with Crippen LogP contribution in [-0.2, 0) is 18.4 Å². The number of hydrogen-bond acceptors (Lipinski definition) is 5. The summed E-state index contributed by atoms with van der Waals surface area (Å²) in [4.78, 5) is 35.9. The second-order valence-electron chi connectivity index (χ2n) is 14.7. The number of likely N-dealkylation sites (tertiary alicyclic amines) is 2. The first kappa shape index (κ1) is 30.5. The number of nitrogens with zero attached hydrogens (tertiary/aromatic N) is 5. The van der Waals surface area contributed by atoms with Crippen LogP contribution in [0.25, 0.3) is 33.5 Å². The molecule has 2 saturated heterocycles. The number of piperidine rings is 1. The van der Waals surface area contributed by atoms with Gasteiger partial charge in [-0.3, -0.25) is 9.59 Å². The van der Waals surface area contributed by atoms with Crippen LogP contribution in [0.5, 0.6) is 5.75 Å². The van der Waals surface area contributed by atoms with Crippen molar-refractivity contribution in [1.29, 1.82) is 0 Å². The van der Waals surface area contributed by atoms with E-state index in [-0.39, 0.29) is 23.8 Å². The molecule has 0 radical (unpaired) electrons. The van der Waals surface area contributed by atoms with Crippen LogP contribution < -0.4 is 4.74 Å². The highest BCUT2D eigenvalue weighted by atomic mass is 16.5. The van der Waals surface area contributed by atoms with Gasteiger partial charge in [-0.1, -0.05) is 31.5 Å². The Hall–Kier alpha value is -3.85. The molecule has 0 unspecified atom stereocenters. The molecule has 47 heavy (non-hydrogen) atoms. The first-order chi connectivity index (χ1) is 22.8. The van der Waals surface area contributed by atoms with E-state index in [9.17, 15) is 14.7 Å². The summed E-state index contributed by atoms with van der Waals surface area (Å²) in [6.07, 6.45) is 7.80. The van der Waals surface area contributed by atoms with Crippen LogP contribution in [0, 0.1) is 17.8 Å². The number of β-amino-alcohol motifs (C(OH)–C–C–N with tert-alkyl or cyclic N) is 1. The lowest BCUT2D eigenvalue weighted by Gasteiger charge is -2.37. The molecule has 2 aromatic heterocycles. The van der Waals surface area contributed by atoms with Gasteiger partial charge in [0.05, 0.1) is 29.9 Å². The van der Waals surface area contributed by atoms with Crippen molar-refractivity contribution < 1.29 is 19.4 Å². The Morgan fingerprint density at radius 1 is 0.979 bits per heavy atom. The minimum absolute atomic E-state index is 0.0360. The standard InChI is InChI=1S/C38H47N5O4/c1-4-23-7-6-13-41(20-23)38(46)28-17-31-35(33(19-28)47-3)40(2)36(39-31)32-18-25-8-5-9-30(34(25)43(32)21-24-10-11-24)26-15-27(16-26)37(45)42-14-12-29(44)22-42/h5,8-9,17-19,23-24,26-27,29,44H,4,6-7,10-16,20-22H2,1-3H3/t23-,26?,27?,29-/m1/s1. The van der Waals surface area contributed by atoms with Crippen LogP contribution in [0.15, 0.2) is 36.4 Å². The molecule has 8 rings (SSSR count). The summed E-state index contributed by atoms with van der Waals surface area (Å²) in [6.45, 7) is 5.89. The fourth-order valence-corrected chi connectivity index (χ4v) is 8.47. The second-order valence-corrected chi connectivity index (χ2v) is 14.7. The van der Waals surface area contributed by atoms with E-state index in [4.69, 9.17) is 9.72 Å². The molecular formula is C38H47N5O4. The van der Waals surface area contributed by atoms with Crippen LogP contribution in [0.3, 0.4) is 0 Å². The van der Waals surface area contributed by atoms with Gasteiger partial charge in [0.25, 0.3) is 5.91 Å². The lowest BCUT2D eigenvalue weighted by Crippen LogP contribution is -2.40. The number of aromatic nitrogens is 3. The zero-order valence-corrected chi connectivity index (χ0v) is 28.0. The third-order valence-electron chi connectivity index (χ3n) is 11.5. The summed E-state index contributed by atoms with van der Waals surface area (Å²) >= 11 is 0. The maximum absolute atomic E-state index is 13.7. The smallest absolute Gasteiger partial charge is 0.254 e. The van der Waals surface area contributed by atoms with E-state index in [1.807, 2.05) is 29.0 Å². The maximum Gasteiger partial charge on any atom is 0.254 e. The first-order valence-electron chi connectivity index (χ1n) is 17.8. The number of methoxy groups -OCH3 is 1. The van der Waals surface area contributed by atoms with Crippen molar-refractivity contribution >= 4 is 33.8 Å². The average Bonchev–Trinajstić information content (AvgIpc) is 3.51. The molecular weight excluding hydrogens is 590 g/mol. The van der Waals surface area contributed by atoms with E-state index in [1.165, 1.54) is 35.7 Å². The third kappa shape index (κ3) is 5.40. The van der Waals surface area contributed by atoms with Gasteiger partial charge in [-0.2, -0.15) is 0 Å². The van der Waals surface area contributed by atoms with Crippen LogP contribution >= 0.6 is 0 Å². The Morgan fingerprint density at radius 3 is 2.53 bits per heavy atom. The molecule has 2 aromatic carbocycles. The van der Waals surface area contributed by atoms with E-state index in [2.05, 4.69) is 40.3 Å². The molecule has 9 nitrogen and oxygen atoms in total. The molecule has 1 N–H and O–H groups in total. The summed E-state index contributed by atoms with van der Waals surface area (Å²) < 4.78 is 10.5. The van der Waals surface area contributed by atoms with Crippen molar-refractivity contribution in [3.8, 4) is 17.3 Å².